The Labute approximate surface area is 199 Å². The monoisotopic (exact) mass is 486 g/mol. The van der Waals surface area contributed by atoms with Gasteiger partial charge in [0.05, 0.1) is 51.6 Å². The molecule has 4 aromatic rings. The largest absolute Gasteiger partial charge is 0.493 e. The highest BCUT2D eigenvalue weighted by Gasteiger charge is 2.20. The Bertz CT molecular complexity index is 1410. The number of ether oxygens (including phenoxy) is 3. The number of methoxy groups -OCH3 is 3. The van der Waals surface area contributed by atoms with Gasteiger partial charge in [-0.2, -0.15) is 5.10 Å². The summed E-state index contributed by atoms with van der Waals surface area (Å²) in [5, 5.41) is 14.6. The molecule has 0 aliphatic carbocycles. The number of hydrogen-bond donors (Lipinski definition) is 1. The van der Waals surface area contributed by atoms with Crippen molar-refractivity contribution >= 4 is 16.9 Å². The minimum Gasteiger partial charge on any atom is -0.493 e. The van der Waals surface area contributed by atoms with Crippen LogP contribution in [0.2, 0.25) is 0 Å². The molecule has 184 valence electrons. The van der Waals surface area contributed by atoms with E-state index in [0.717, 1.165) is 11.6 Å². The van der Waals surface area contributed by atoms with Crippen molar-refractivity contribution < 1.29 is 28.1 Å². The number of hydrogen-bond acceptors (Lipinski definition) is 8. The second-order valence-electron chi connectivity index (χ2n) is 7.65. The normalized spacial score (nSPS) is 12.8. The van der Waals surface area contributed by atoms with E-state index >= 15 is 8.78 Å². The zero-order valence-electron chi connectivity index (χ0n) is 19.6. The van der Waals surface area contributed by atoms with Gasteiger partial charge in [-0.1, -0.05) is 0 Å². The van der Waals surface area contributed by atoms with Gasteiger partial charge >= 0.3 is 0 Å². The lowest BCUT2D eigenvalue weighted by atomic mass is 10.2. The summed E-state index contributed by atoms with van der Waals surface area (Å²) in [7, 11) is 5.75. The standard InChI is InChI=1S/C23H24F2N6O4/c1-30-10-13(8-27-30)16-9-26-15-5-6-19(31(23(15)28-16)11-14(32)12-33-2)29-22-20(24)17(34-3)7-18(35-4)21(22)25/h5-10,14,32H,11-12H2,1-4H3/b29-19+. The van der Waals surface area contributed by atoms with Gasteiger partial charge in [-0.05, 0) is 12.1 Å². The number of nitrogens with zero attached hydrogens (tertiary/aromatic N) is 6. The number of benzene rings is 1. The molecule has 1 atom stereocenters. The zero-order chi connectivity index (χ0) is 25.1. The van der Waals surface area contributed by atoms with Crippen molar-refractivity contribution in [2.45, 2.75) is 12.6 Å². The lowest BCUT2D eigenvalue weighted by Gasteiger charge is -2.16. The van der Waals surface area contributed by atoms with Gasteiger partial charge in [-0.25, -0.2) is 18.8 Å². The molecule has 0 aliphatic rings. The van der Waals surface area contributed by atoms with E-state index in [1.807, 2.05) is 0 Å². The summed E-state index contributed by atoms with van der Waals surface area (Å²) in [6.45, 7) is -0.00617. The fraction of sp³-hybridized carbons (Fsp3) is 0.304. The van der Waals surface area contributed by atoms with Gasteiger partial charge in [0.1, 0.15) is 16.7 Å². The minimum atomic E-state index is -0.995. The van der Waals surface area contributed by atoms with E-state index in [0.29, 0.717) is 16.9 Å². The molecule has 0 spiro atoms. The second-order valence-corrected chi connectivity index (χ2v) is 7.65. The van der Waals surface area contributed by atoms with Crippen LogP contribution >= 0.6 is 0 Å². The highest BCUT2D eigenvalue weighted by Crippen LogP contribution is 2.36. The summed E-state index contributed by atoms with van der Waals surface area (Å²) in [4.78, 5) is 13.4. The molecular formula is C23H24F2N6O4. The number of aliphatic hydroxyl groups is 1. The van der Waals surface area contributed by atoms with Crippen molar-refractivity contribution in [2.75, 3.05) is 27.9 Å². The molecule has 1 aromatic carbocycles. The Kier molecular flexibility index (Phi) is 7.03. The number of rotatable bonds is 8. The van der Waals surface area contributed by atoms with Crippen molar-refractivity contribution in [3.05, 3.63) is 53.9 Å². The molecule has 1 N–H and O–H groups in total. The van der Waals surface area contributed by atoms with Crippen molar-refractivity contribution in [1.29, 1.82) is 0 Å². The van der Waals surface area contributed by atoms with E-state index in [9.17, 15) is 5.11 Å². The van der Waals surface area contributed by atoms with Gasteiger partial charge in [0.2, 0.25) is 0 Å². The Morgan fingerprint density at radius 2 is 1.80 bits per heavy atom. The smallest absolute Gasteiger partial charge is 0.193 e. The van der Waals surface area contributed by atoms with Gasteiger partial charge in [0, 0.05) is 32.0 Å². The molecule has 0 saturated carbocycles. The SMILES string of the molecule is COCC(O)Cn1/c(=N/c2c(F)c(OC)cc(OC)c2F)ccc2ncc(-c3cnn(C)c3)nc21. The van der Waals surface area contributed by atoms with E-state index < -0.39 is 23.4 Å². The predicted octanol–water partition coefficient (Wildman–Crippen LogP) is 2.37. The van der Waals surface area contributed by atoms with E-state index in [1.54, 1.807) is 36.4 Å². The molecule has 0 fully saturated rings. The van der Waals surface area contributed by atoms with Crippen LogP contribution < -0.4 is 15.0 Å². The van der Waals surface area contributed by atoms with Crippen LogP contribution in [0.15, 0.2) is 41.8 Å². The number of fused-ring (bicyclic) bond motifs is 1. The average molecular weight is 486 g/mol. The Morgan fingerprint density at radius 3 is 2.40 bits per heavy atom. The van der Waals surface area contributed by atoms with E-state index in [1.165, 1.54) is 32.0 Å². The van der Waals surface area contributed by atoms with Crippen molar-refractivity contribution in [2.24, 2.45) is 12.0 Å². The van der Waals surface area contributed by atoms with Crippen LogP contribution in [0.1, 0.15) is 0 Å². The molecule has 0 aliphatic heterocycles. The van der Waals surface area contributed by atoms with Gasteiger partial charge in [-0.15, -0.1) is 0 Å². The lowest BCUT2D eigenvalue weighted by molar-refractivity contribution is 0.0536. The molecule has 0 radical (unpaired) electrons. The Balaban J connectivity index is 1.99. The van der Waals surface area contributed by atoms with Gasteiger partial charge in [0.15, 0.2) is 28.8 Å². The molecule has 1 unspecified atom stereocenters. The third-order valence-electron chi connectivity index (χ3n) is 5.23. The van der Waals surface area contributed by atoms with Crippen LogP contribution in [0, 0.1) is 11.6 Å². The van der Waals surface area contributed by atoms with Crippen molar-refractivity contribution in [1.82, 2.24) is 24.3 Å². The van der Waals surface area contributed by atoms with E-state index in [2.05, 4.69) is 20.1 Å². The minimum absolute atomic E-state index is 0.0221. The van der Waals surface area contributed by atoms with Crippen LogP contribution in [-0.4, -0.2) is 63.5 Å². The quantitative estimate of drug-likeness (QED) is 0.407. The number of aryl methyl sites for hydroxylation is 1. The van der Waals surface area contributed by atoms with Gasteiger partial charge in [0.25, 0.3) is 0 Å². The molecule has 3 aromatic heterocycles. The van der Waals surface area contributed by atoms with Gasteiger partial charge < -0.3 is 23.9 Å². The summed E-state index contributed by atoms with van der Waals surface area (Å²) in [6.07, 6.45) is 4.06. The summed E-state index contributed by atoms with van der Waals surface area (Å²) in [5.74, 6) is -2.45. The highest BCUT2D eigenvalue weighted by molar-refractivity contribution is 5.73. The molecule has 35 heavy (non-hydrogen) atoms. The molecule has 10 nitrogen and oxygen atoms in total. The van der Waals surface area contributed by atoms with Crippen LogP contribution in [0.5, 0.6) is 11.5 Å². The summed E-state index contributed by atoms with van der Waals surface area (Å²) < 4.78 is 48.3. The third kappa shape index (κ3) is 4.84. The van der Waals surface area contributed by atoms with Crippen LogP contribution in [0.25, 0.3) is 22.4 Å². The molecular weight excluding hydrogens is 462 g/mol. The maximum Gasteiger partial charge on any atom is 0.193 e. The first-order chi connectivity index (χ1) is 16.9. The first kappa shape index (κ1) is 24.2. The Hall–Kier alpha value is -3.90. The summed E-state index contributed by atoms with van der Waals surface area (Å²) in [5.41, 5.74) is 1.61. The predicted molar refractivity (Wildman–Crippen MR) is 122 cm³/mol. The van der Waals surface area contributed by atoms with E-state index in [-0.39, 0.29) is 30.1 Å². The van der Waals surface area contributed by atoms with E-state index in [4.69, 9.17) is 14.2 Å². The molecule has 0 amide bonds. The Morgan fingerprint density at radius 1 is 1.09 bits per heavy atom. The highest BCUT2D eigenvalue weighted by atomic mass is 19.1. The molecule has 12 heteroatoms. The maximum absolute atomic E-state index is 15.0. The van der Waals surface area contributed by atoms with Crippen LogP contribution in [0.3, 0.4) is 0 Å². The molecule has 0 saturated heterocycles. The average Bonchev–Trinajstić information content (AvgIpc) is 3.29. The topological polar surface area (TPSA) is 109 Å². The van der Waals surface area contributed by atoms with Crippen molar-refractivity contribution in [3.63, 3.8) is 0 Å². The lowest BCUT2D eigenvalue weighted by Crippen LogP contribution is -2.30. The number of aromatic nitrogens is 5. The first-order valence-electron chi connectivity index (χ1n) is 10.5. The second kappa shape index (κ2) is 10.2. The fourth-order valence-corrected chi connectivity index (χ4v) is 3.57. The number of aliphatic hydroxyl groups excluding tert-OH is 1. The number of pyridine rings is 1. The first-order valence-corrected chi connectivity index (χ1v) is 10.5. The fourth-order valence-electron chi connectivity index (χ4n) is 3.57. The maximum atomic E-state index is 15.0. The summed E-state index contributed by atoms with van der Waals surface area (Å²) >= 11 is 0. The van der Waals surface area contributed by atoms with Gasteiger partial charge in [-0.3, -0.25) is 9.67 Å². The molecule has 3 heterocycles. The van der Waals surface area contributed by atoms with Crippen molar-refractivity contribution in [3.8, 4) is 22.8 Å². The third-order valence-corrected chi connectivity index (χ3v) is 5.23. The summed E-state index contributed by atoms with van der Waals surface area (Å²) in [6, 6.07) is 4.26. The molecule has 4 rings (SSSR count). The number of halogens is 2. The van der Waals surface area contributed by atoms with Crippen LogP contribution in [-0.2, 0) is 18.3 Å². The molecule has 0 bridgehead atoms. The van der Waals surface area contributed by atoms with Crippen LogP contribution in [0.4, 0.5) is 14.5 Å². The zero-order valence-corrected chi connectivity index (χ0v) is 19.6.